The molecule has 1 amide bonds. The molecule has 0 heterocycles. The molecule has 0 aliphatic heterocycles. The average Bonchev–Trinajstić information content (AvgIpc) is 2.56. The van der Waals surface area contributed by atoms with Crippen molar-refractivity contribution in [1.82, 2.24) is 4.90 Å². The largest absolute Gasteiger partial charge is 0.469 e. The van der Waals surface area contributed by atoms with Crippen LogP contribution in [0.15, 0.2) is 0 Å². The van der Waals surface area contributed by atoms with Crippen LogP contribution in [0.2, 0.25) is 0 Å². The smallest absolute Gasteiger partial charge is 0.307 e. The Kier molecular flexibility index (Phi) is 9.93. The second-order valence-electron chi connectivity index (χ2n) is 6.46. The summed E-state index contributed by atoms with van der Waals surface area (Å²) in [6.07, 6.45) is 11.8. The first-order valence-corrected chi connectivity index (χ1v) is 9.02. The van der Waals surface area contributed by atoms with E-state index >= 15 is 0 Å². The van der Waals surface area contributed by atoms with Crippen molar-refractivity contribution in [3.05, 3.63) is 0 Å². The van der Waals surface area contributed by atoms with Gasteiger partial charge in [-0.15, -0.1) is 0 Å². The van der Waals surface area contributed by atoms with Crippen LogP contribution in [0.5, 0.6) is 0 Å². The van der Waals surface area contributed by atoms with Gasteiger partial charge < -0.3 is 9.64 Å². The number of unbranched alkanes of at least 4 members (excludes halogenated alkanes) is 2. The summed E-state index contributed by atoms with van der Waals surface area (Å²) in [5.74, 6) is 0.710. The molecule has 1 fully saturated rings. The lowest BCUT2D eigenvalue weighted by Gasteiger charge is -2.25. The van der Waals surface area contributed by atoms with Gasteiger partial charge in [0.1, 0.15) is 0 Å². The van der Waals surface area contributed by atoms with E-state index in [-0.39, 0.29) is 11.9 Å². The van der Waals surface area contributed by atoms with Gasteiger partial charge in [-0.2, -0.15) is 0 Å². The number of ether oxygens (including phenoxy) is 1. The Morgan fingerprint density at radius 2 is 1.77 bits per heavy atom. The van der Waals surface area contributed by atoms with Crippen LogP contribution < -0.4 is 0 Å². The van der Waals surface area contributed by atoms with Crippen molar-refractivity contribution in [2.75, 3.05) is 20.2 Å². The van der Waals surface area contributed by atoms with E-state index in [9.17, 15) is 9.59 Å². The molecule has 1 aliphatic carbocycles. The number of carbonyl (C=O) groups excluding carboxylic acids is 2. The topological polar surface area (TPSA) is 46.6 Å². The van der Waals surface area contributed by atoms with E-state index < -0.39 is 0 Å². The van der Waals surface area contributed by atoms with Crippen LogP contribution in [0, 0.1) is 5.92 Å². The molecule has 0 aromatic carbocycles. The lowest BCUT2D eigenvalue weighted by atomic mass is 9.86. The monoisotopic (exact) mass is 311 g/mol. The molecule has 0 atom stereocenters. The quantitative estimate of drug-likeness (QED) is 0.453. The maximum Gasteiger partial charge on any atom is 0.307 e. The van der Waals surface area contributed by atoms with E-state index in [1.165, 1.54) is 39.2 Å². The molecular weight excluding hydrogens is 278 g/mol. The van der Waals surface area contributed by atoms with Crippen LogP contribution in [0.4, 0.5) is 0 Å². The van der Waals surface area contributed by atoms with Gasteiger partial charge >= 0.3 is 5.97 Å². The van der Waals surface area contributed by atoms with Crippen LogP contribution >= 0.6 is 0 Å². The van der Waals surface area contributed by atoms with Gasteiger partial charge in [0.2, 0.25) is 5.91 Å². The molecule has 0 aromatic heterocycles. The van der Waals surface area contributed by atoms with Crippen LogP contribution in [0.25, 0.3) is 0 Å². The molecule has 4 nitrogen and oxygen atoms in total. The predicted molar refractivity (Wildman–Crippen MR) is 88.5 cm³/mol. The van der Waals surface area contributed by atoms with E-state index in [4.69, 9.17) is 0 Å². The van der Waals surface area contributed by atoms with Crippen molar-refractivity contribution in [3.8, 4) is 0 Å². The molecule has 22 heavy (non-hydrogen) atoms. The molecule has 0 saturated heterocycles. The molecule has 128 valence electrons. The number of nitrogens with zero attached hydrogens (tertiary/aromatic N) is 1. The Morgan fingerprint density at radius 1 is 1.05 bits per heavy atom. The number of esters is 1. The van der Waals surface area contributed by atoms with E-state index in [0.717, 1.165) is 38.1 Å². The molecule has 1 saturated carbocycles. The van der Waals surface area contributed by atoms with Crippen molar-refractivity contribution in [3.63, 3.8) is 0 Å². The minimum atomic E-state index is -0.236. The van der Waals surface area contributed by atoms with Crippen molar-refractivity contribution in [1.29, 1.82) is 0 Å². The normalized spacial score (nSPS) is 15.5. The summed E-state index contributed by atoms with van der Waals surface area (Å²) in [6, 6.07) is 0. The van der Waals surface area contributed by atoms with E-state index in [0.29, 0.717) is 19.4 Å². The minimum Gasteiger partial charge on any atom is -0.469 e. The van der Waals surface area contributed by atoms with Crippen LogP contribution in [-0.4, -0.2) is 37.0 Å². The molecular formula is C18H33NO3. The van der Waals surface area contributed by atoms with Gasteiger partial charge in [-0.3, -0.25) is 9.59 Å². The molecule has 0 bridgehead atoms. The zero-order valence-electron chi connectivity index (χ0n) is 14.4. The highest BCUT2D eigenvalue weighted by molar-refractivity contribution is 5.77. The average molecular weight is 311 g/mol. The number of hydrogen-bond acceptors (Lipinski definition) is 3. The summed E-state index contributed by atoms with van der Waals surface area (Å²) in [7, 11) is 1.40. The highest BCUT2D eigenvalue weighted by Gasteiger charge is 2.18. The summed E-state index contributed by atoms with van der Waals surface area (Å²) in [5, 5.41) is 0. The maximum absolute atomic E-state index is 12.5. The SMILES string of the molecule is CCCCCN(CCC(=O)OC)C(=O)CCC1CCCCC1. The highest BCUT2D eigenvalue weighted by atomic mass is 16.5. The number of amides is 1. The number of carbonyl (C=O) groups is 2. The molecule has 4 heteroatoms. The third-order valence-electron chi connectivity index (χ3n) is 4.69. The van der Waals surface area contributed by atoms with Crippen molar-refractivity contribution in [2.24, 2.45) is 5.92 Å². The first kappa shape index (κ1) is 19.0. The van der Waals surface area contributed by atoms with E-state index in [1.807, 2.05) is 4.90 Å². The Labute approximate surface area is 135 Å². The summed E-state index contributed by atoms with van der Waals surface area (Å²) >= 11 is 0. The van der Waals surface area contributed by atoms with Gasteiger partial charge in [-0.05, 0) is 18.8 Å². The fourth-order valence-electron chi connectivity index (χ4n) is 3.20. The molecule has 0 aromatic rings. The summed E-state index contributed by atoms with van der Waals surface area (Å²) in [6.45, 7) is 3.43. The maximum atomic E-state index is 12.5. The Hall–Kier alpha value is -1.06. The van der Waals surface area contributed by atoms with Crippen LogP contribution in [0.3, 0.4) is 0 Å². The fourth-order valence-corrected chi connectivity index (χ4v) is 3.20. The van der Waals surface area contributed by atoms with Gasteiger partial charge in [0.25, 0.3) is 0 Å². The van der Waals surface area contributed by atoms with Crippen molar-refractivity contribution < 1.29 is 14.3 Å². The Balaban J connectivity index is 2.37. The lowest BCUT2D eigenvalue weighted by Crippen LogP contribution is -2.34. The molecule has 0 unspecified atom stereocenters. The number of rotatable bonds is 10. The molecule has 0 radical (unpaired) electrons. The number of methoxy groups -OCH3 is 1. The van der Waals surface area contributed by atoms with E-state index in [2.05, 4.69) is 11.7 Å². The zero-order chi connectivity index (χ0) is 16.2. The predicted octanol–water partition coefficient (Wildman–Crippen LogP) is 3.93. The standard InChI is InChI=1S/C18H33NO3/c1-3-4-8-14-19(15-13-18(21)22-2)17(20)12-11-16-9-6-5-7-10-16/h16H,3-15H2,1-2H3. The minimum absolute atomic E-state index is 0.213. The highest BCUT2D eigenvalue weighted by Crippen LogP contribution is 2.27. The third-order valence-corrected chi connectivity index (χ3v) is 4.69. The molecule has 0 spiro atoms. The second-order valence-corrected chi connectivity index (χ2v) is 6.46. The molecule has 1 rings (SSSR count). The zero-order valence-corrected chi connectivity index (χ0v) is 14.4. The Morgan fingerprint density at radius 3 is 2.41 bits per heavy atom. The van der Waals surface area contributed by atoms with Crippen LogP contribution in [-0.2, 0) is 14.3 Å². The fraction of sp³-hybridized carbons (Fsp3) is 0.889. The third kappa shape index (κ3) is 7.81. The van der Waals surface area contributed by atoms with Crippen molar-refractivity contribution in [2.45, 2.75) is 77.6 Å². The number of hydrogen-bond donors (Lipinski definition) is 0. The van der Waals surface area contributed by atoms with Gasteiger partial charge in [0.15, 0.2) is 0 Å². The lowest BCUT2D eigenvalue weighted by molar-refractivity contribution is -0.141. The summed E-state index contributed by atoms with van der Waals surface area (Å²) in [4.78, 5) is 25.6. The van der Waals surface area contributed by atoms with Gasteiger partial charge in [0, 0.05) is 19.5 Å². The molecule has 1 aliphatic rings. The van der Waals surface area contributed by atoms with Crippen molar-refractivity contribution >= 4 is 11.9 Å². The van der Waals surface area contributed by atoms with Crippen LogP contribution in [0.1, 0.15) is 77.6 Å². The Bertz CT molecular complexity index is 324. The van der Waals surface area contributed by atoms with Gasteiger partial charge in [0.05, 0.1) is 13.5 Å². The second kappa shape index (κ2) is 11.5. The van der Waals surface area contributed by atoms with Gasteiger partial charge in [-0.25, -0.2) is 0 Å². The summed E-state index contributed by atoms with van der Waals surface area (Å²) < 4.78 is 4.68. The first-order chi connectivity index (χ1) is 10.7. The van der Waals surface area contributed by atoms with Gasteiger partial charge in [-0.1, -0.05) is 51.9 Å². The molecule has 0 N–H and O–H groups in total. The summed E-state index contributed by atoms with van der Waals surface area (Å²) in [5.41, 5.74) is 0. The van der Waals surface area contributed by atoms with E-state index in [1.54, 1.807) is 0 Å². The first-order valence-electron chi connectivity index (χ1n) is 9.02.